The summed E-state index contributed by atoms with van der Waals surface area (Å²) in [5, 5.41) is 9.78. The fourth-order valence-electron chi connectivity index (χ4n) is 5.08. The van der Waals surface area contributed by atoms with E-state index in [9.17, 15) is 14.8 Å². The molecule has 0 saturated carbocycles. The molecule has 1 atom stereocenters. The zero-order valence-corrected chi connectivity index (χ0v) is 21.4. The zero-order chi connectivity index (χ0) is 26.7. The number of carbonyl (C=O) groups is 2. The predicted molar refractivity (Wildman–Crippen MR) is 141 cm³/mol. The van der Waals surface area contributed by atoms with Crippen LogP contribution in [0.15, 0.2) is 84.1 Å². The third-order valence-corrected chi connectivity index (χ3v) is 7.33. The average Bonchev–Trinajstić information content (AvgIpc) is 3.16. The molecular formula is C29H32N5O4+. The number of likely N-dealkylation sites (tertiary alicyclic amines) is 1. The molecule has 0 radical (unpaired) electrons. The molecule has 3 aromatic rings. The van der Waals surface area contributed by atoms with Gasteiger partial charge < -0.3 is 15.4 Å². The Bertz CT molecular complexity index is 1350. The minimum atomic E-state index is -1.13. The Hall–Kier alpha value is -4.40. The van der Waals surface area contributed by atoms with Gasteiger partial charge in [0.2, 0.25) is 12.4 Å². The van der Waals surface area contributed by atoms with Crippen LogP contribution in [-0.4, -0.2) is 59.0 Å². The normalized spacial score (nSPS) is 19.9. The molecule has 2 amide bonds. The first-order valence-electron chi connectivity index (χ1n) is 12.8. The number of aromatic nitrogens is 1. The van der Waals surface area contributed by atoms with Crippen LogP contribution in [0.4, 0.5) is 0 Å². The summed E-state index contributed by atoms with van der Waals surface area (Å²) >= 11 is 0. The Morgan fingerprint density at radius 2 is 1.84 bits per heavy atom. The highest BCUT2D eigenvalue weighted by molar-refractivity contribution is 6.07. The van der Waals surface area contributed by atoms with Crippen LogP contribution in [0.3, 0.4) is 0 Å². The molecule has 5 rings (SSSR count). The van der Waals surface area contributed by atoms with Crippen LogP contribution in [0.1, 0.15) is 25.3 Å². The number of hydrogen-bond acceptors (Lipinski definition) is 6. The van der Waals surface area contributed by atoms with Crippen molar-refractivity contribution in [2.45, 2.75) is 25.3 Å². The fourth-order valence-corrected chi connectivity index (χ4v) is 5.08. The monoisotopic (exact) mass is 514 g/mol. The molecule has 0 bridgehead atoms. The van der Waals surface area contributed by atoms with Crippen molar-refractivity contribution >= 4 is 17.8 Å². The second-order valence-electron chi connectivity index (χ2n) is 9.94. The van der Waals surface area contributed by atoms with E-state index in [-0.39, 0.29) is 30.3 Å². The molecule has 2 aromatic carbocycles. The third-order valence-electron chi connectivity index (χ3n) is 7.33. The van der Waals surface area contributed by atoms with Crippen LogP contribution in [0.25, 0.3) is 11.1 Å². The number of nitrogens with two attached hydrogens (primary N) is 1. The quantitative estimate of drug-likeness (QED) is 0.372. The third kappa shape index (κ3) is 5.18. The van der Waals surface area contributed by atoms with E-state index in [2.05, 4.69) is 4.99 Å². The van der Waals surface area contributed by atoms with Crippen LogP contribution in [-0.2, 0) is 15.1 Å². The molecule has 1 saturated heterocycles. The summed E-state index contributed by atoms with van der Waals surface area (Å²) in [6.45, 7) is 3.49. The Morgan fingerprint density at radius 3 is 2.58 bits per heavy atom. The number of para-hydroxylation sites is 1. The number of nitrogens with zero attached hydrogens (tertiary/aromatic N) is 4. The molecule has 3 heterocycles. The average molecular weight is 515 g/mol. The molecule has 0 aliphatic carbocycles. The molecule has 38 heavy (non-hydrogen) atoms. The predicted octanol–water partition coefficient (Wildman–Crippen LogP) is 2.57. The number of aliphatic imine (C=N–C) groups is 1. The van der Waals surface area contributed by atoms with Crippen LogP contribution in [0, 0.1) is 5.92 Å². The standard InChI is InChI=1S/C29H32N5O4/c1-29(24-9-5-7-22(17-24)23-8-6-14-33(37)19-23)27(36)34(28(30)31-29)18-21-12-15-32(16-13-21)26(35)20-38-25-10-3-2-4-11-25/h2-11,14,17,19,21,37H,12-13,15-16,18,20H2,1H3,(H2,30,31)/q+1. The van der Waals surface area contributed by atoms with Gasteiger partial charge in [0.15, 0.2) is 18.1 Å². The molecule has 2 aliphatic rings. The van der Waals surface area contributed by atoms with Gasteiger partial charge in [0.1, 0.15) is 5.75 Å². The van der Waals surface area contributed by atoms with Gasteiger partial charge in [-0.3, -0.25) is 19.7 Å². The lowest BCUT2D eigenvalue weighted by atomic mass is 9.89. The van der Waals surface area contributed by atoms with Crippen LogP contribution in [0.5, 0.6) is 5.75 Å². The van der Waals surface area contributed by atoms with Gasteiger partial charge in [0.25, 0.3) is 11.8 Å². The van der Waals surface area contributed by atoms with Crippen molar-refractivity contribution in [3.05, 3.63) is 84.7 Å². The van der Waals surface area contributed by atoms with Gasteiger partial charge in [-0.25, -0.2) is 4.99 Å². The summed E-state index contributed by atoms with van der Waals surface area (Å²) in [6.07, 6.45) is 4.69. The molecule has 1 unspecified atom stereocenters. The number of benzene rings is 2. The van der Waals surface area contributed by atoms with E-state index in [4.69, 9.17) is 10.5 Å². The zero-order valence-electron chi connectivity index (χ0n) is 21.4. The molecule has 9 heteroatoms. The van der Waals surface area contributed by atoms with Crippen molar-refractivity contribution < 1.29 is 24.3 Å². The summed E-state index contributed by atoms with van der Waals surface area (Å²) in [6, 6.07) is 20.5. The molecule has 1 aromatic heterocycles. The Kier molecular flexibility index (Phi) is 7.00. The van der Waals surface area contributed by atoms with Crippen LogP contribution in [0.2, 0.25) is 0 Å². The van der Waals surface area contributed by atoms with E-state index >= 15 is 0 Å². The lowest BCUT2D eigenvalue weighted by Gasteiger charge is -2.34. The second-order valence-corrected chi connectivity index (χ2v) is 9.94. The van der Waals surface area contributed by atoms with Crippen LogP contribution < -0.4 is 15.2 Å². The van der Waals surface area contributed by atoms with Crippen molar-refractivity contribution in [1.82, 2.24) is 9.80 Å². The summed E-state index contributed by atoms with van der Waals surface area (Å²) < 4.78 is 6.60. The SMILES string of the molecule is CC1(c2cccc(-c3ccc[n+](O)c3)c2)N=C(N)N(CC2CCN(C(=O)COc3ccccc3)CC2)C1=O. The topological polar surface area (TPSA) is 112 Å². The molecule has 3 N–H and O–H groups in total. The van der Waals surface area contributed by atoms with E-state index in [1.165, 1.54) is 6.20 Å². The van der Waals surface area contributed by atoms with E-state index in [0.29, 0.717) is 25.4 Å². The van der Waals surface area contributed by atoms with Crippen molar-refractivity contribution in [3.8, 4) is 16.9 Å². The lowest BCUT2D eigenvalue weighted by molar-refractivity contribution is -0.904. The van der Waals surface area contributed by atoms with Gasteiger partial charge in [-0.15, -0.1) is 0 Å². The largest absolute Gasteiger partial charge is 0.484 e. The van der Waals surface area contributed by atoms with Gasteiger partial charge in [-0.2, -0.15) is 0 Å². The summed E-state index contributed by atoms with van der Waals surface area (Å²) in [5.41, 5.74) is 7.56. The molecule has 2 aliphatic heterocycles. The molecule has 1 fully saturated rings. The maximum Gasteiger partial charge on any atom is 0.261 e. The number of amides is 2. The number of hydrogen-bond donors (Lipinski definition) is 2. The van der Waals surface area contributed by atoms with Crippen molar-refractivity contribution in [2.24, 2.45) is 16.6 Å². The van der Waals surface area contributed by atoms with Gasteiger partial charge in [-0.05, 0) is 61.1 Å². The maximum atomic E-state index is 13.6. The van der Waals surface area contributed by atoms with E-state index in [1.807, 2.05) is 65.6 Å². The smallest absolute Gasteiger partial charge is 0.261 e. The number of carbonyl (C=O) groups excluding carboxylic acids is 2. The molecule has 0 spiro atoms. The highest BCUT2D eigenvalue weighted by Crippen LogP contribution is 2.35. The number of piperidine rings is 1. The fraction of sp³-hybridized carbons (Fsp3) is 0.310. The lowest BCUT2D eigenvalue weighted by Crippen LogP contribution is -2.47. The highest BCUT2D eigenvalue weighted by Gasteiger charge is 2.46. The summed E-state index contributed by atoms with van der Waals surface area (Å²) in [7, 11) is 0. The van der Waals surface area contributed by atoms with E-state index < -0.39 is 5.54 Å². The Balaban J connectivity index is 1.20. The van der Waals surface area contributed by atoms with Crippen molar-refractivity contribution in [3.63, 3.8) is 0 Å². The van der Waals surface area contributed by atoms with Crippen molar-refractivity contribution in [1.29, 1.82) is 0 Å². The second kappa shape index (κ2) is 10.5. The van der Waals surface area contributed by atoms with Crippen LogP contribution >= 0.6 is 0 Å². The number of rotatable bonds is 7. The molecule has 196 valence electrons. The summed E-state index contributed by atoms with van der Waals surface area (Å²) in [5.74, 6) is 0.901. The van der Waals surface area contributed by atoms with E-state index in [1.54, 1.807) is 24.1 Å². The van der Waals surface area contributed by atoms with Crippen molar-refractivity contribution in [2.75, 3.05) is 26.2 Å². The first kappa shape index (κ1) is 25.3. The highest BCUT2D eigenvalue weighted by atomic mass is 16.5. The molecule has 9 nitrogen and oxygen atoms in total. The Morgan fingerprint density at radius 1 is 1.11 bits per heavy atom. The minimum Gasteiger partial charge on any atom is -0.484 e. The minimum absolute atomic E-state index is 0.0115. The maximum absolute atomic E-state index is 13.6. The number of pyridine rings is 1. The molecular weight excluding hydrogens is 482 g/mol. The number of guanidine groups is 1. The van der Waals surface area contributed by atoms with Gasteiger partial charge in [0.05, 0.1) is 5.56 Å². The van der Waals surface area contributed by atoms with Gasteiger partial charge in [0, 0.05) is 30.4 Å². The Labute approximate surface area is 221 Å². The number of ether oxygens (including phenoxy) is 1. The van der Waals surface area contributed by atoms with Gasteiger partial charge >= 0.3 is 0 Å². The first-order valence-corrected chi connectivity index (χ1v) is 12.8. The summed E-state index contributed by atoms with van der Waals surface area (Å²) in [4.78, 5) is 34.2. The van der Waals surface area contributed by atoms with Gasteiger partial charge in [-0.1, -0.05) is 36.4 Å². The first-order chi connectivity index (χ1) is 18.3. The van der Waals surface area contributed by atoms with E-state index in [0.717, 1.165) is 34.3 Å².